The van der Waals surface area contributed by atoms with Crippen molar-refractivity contribution in [3.8, 4) is 5.75 Å². The lowest BCUT2D eigenvalue weighted by Crippen LogP contribution is -2.49. The van der Waals surface area contributed by atoms with Crippen molar-refractivity contribution in [2.75, 3.05) is 46.4 Å². The van der Waals surface area contributed by atoms with Gasteiger partial charge in [-0.3, -0.25) is 14.6 Å². The second kappa shape index (κ2) is 12.2. The molecule has 0 unspecified atom stereocenters. The first-order chi connectivity index (χ1) is 18.5. The van der Waals surface area contributed by atoms with Crippen molar-refractivity contribution in [2.45, 2.75) is 13.1 Å². The second-order valence-electron chi connectivity index (χ2n) is 9.95. The van der Waals surface area contributed by atoms with Crippen LogP contribution in [0.1, 0.15) is 21.5 Å². The van der Waals surface area contributed by atoms with E-state index >= 15 is 0 Å². The molecule has 38 heavy (non-hydrogen) atoms. The molecule has 5 nitrogen and oxygen atoms in total. The Labute approximate surface area is 224 Å². The van der Waals surface area contributed by atoms with E-state index < -0.39 is 0 Å². The van der Waals surface area contributed by atoms with Gasteiger partial charge in [0, 0.05) is 51.4 Å². The molecule has 0 atom stereocenters. The molecule has 1 aliphatic rings. The molecule has 0 spiro atoms. The summed E-state index contributed by atoms with van der Waals surface area (Å²) in [6, 6.07) is 29.1. The SMILES string of the molecule is CN(Cc1cccc(OCCN2CCN(C(=O)c3ccc(F)cc3)CC2)c1)Cc1cccc2ccccc12. The van der Waals surface area contributed by atoms with E-state index in [4.69, 9.17) is 4.74 Å². The molecule has 1 amide bonds. The number of fused-ring (bicyclic) bond motifs is 1. The molecule has 0 radical (unpaired) electrons. The lowest BCUT2D eigenvalue weighted by molar-refractivity contribution is 0.0620. The number of carbonyl (C=O) groups is 1. The quantitative estimate of drug-likeness (QED) is 0.300. The average Bonchev–Trinajstić information content (AvgIpc) is 2.94. The molecule has 1 saturated heterocycles. The lowest BCUT2D eigenvalue weighted by atomic mass is 10.0. The molecule has 0 aromatic heterocycles. The molecule has 0 bridgehead atoms. The van der Waals surface area contributed by atoms with Gasteiger partial charge in [0.2, 0.25) is 0 Å². The summed E-state index contributed by atoms with van der Waals surface area (Å²) in [5.74, 6) is 0.513. The molecule has 4 aromatic rings. The Balaban J connectivity index is 1.07. The monoisotopic (exact) mass is 511 g/mol. The second-order valence-corrected chi connectivity index (χ2v) is 9.95. The van der Waals surface area contributed by atoms with E-state index in [1.54, 1.807) is 12.1 Å². The van der Waals surface area contributed by atoms with Crippen LogP contribution in [-0.4, -0.2) is 67.0 Å². The van der Waals surface area contributed by atoms with Gasteiger partial charge >= 0.3 is 0 Å². The maximum Gasteiger partial charge on any atom is 0.253 e. The first-order valence-electron chi connectivity index (χ1n) is 13.2. The first-order valence-corrected chi connectivity index (χ1v) is 13.2. The highest BCUT2D eigenvalue weighted by molar-refractivity contribution is 5.94. The van der Waals surface area contributed by atoms with Gasteiger partial charge in [0.1, 0.15) is 18.2 Å². The van der Waals surface area contributed by atoms with Crippen LogP contribution in [-0.2, 0) is 13.1 Å². The number of amides is 1. The number of rotatable bonds is 9. The first kappa shape index (κ1) is 25.9. The maximum absolute atomic E-state index is 13.1. The zero-order valence-corrected chi connectivity index (χ0v) is 21.9. The standard InChI is InChI=1S/C32H34FN3O2/c1-34(24-28-9-5-8-26-7-2-3-11-31(26)28)23-25-6-4-10-30(22-25)38-21-20-35-16-18-36(19-17-35)32(37)27-12-14-29(33)15-13-27/h2-15,22H,16-21,23-24H2,1H3. The van der Waals surface area contributed by atoms with Crippen LogP contribution in [0.4, 0.5) is 4.39 Å². The van der Waals surface area contributed by atoms with Gasteiger partial charge in [0.05, 0.1) is 0 Å². The van der Waals surface area contributed by atoms with Crippen LogP contribution in [0, 0.1) is 5.82 Å². The van der Waals surface area contributed by atoms with Crippen molar-refractivity contribution >= 4 is 16.7 Å². The molecule has 1 heterocycles. The Kier molecular flexibility index (Phi) is 8.31. The van der Waals surface area contributed by atoms with Gasteiger partial charge in [-0.1, -0.05) is 54.6 Å². The van der Waals surface area contributed by atoms with E-state index in [0.717, 1.165) is 38.5 Å². The Morgan fingerprint density at radius 3 is 2.42 bits per heavy atom. The smallest absolute Gasteiger partial charge is 0.253 e. The molecule has 0 saturated carbocycles. The summed E-state index contributed by atoms with van der Waals surface area (Å²) < 4.78 is 19.2. The van der Waals surface area contributed by atoms with Gasteiger partial charge in [-0.25, -0.2) is 4.39 Å². The van der Waals surface area contributed by atoms with Crippen LogP contribution in [0.2, 0.25) is 0 Å². The Morgan fingerprint density at radius 1 is 0.868 bits per heavy atom. The number of ether oxygens (including phenoxy) is 1. The highest BCUT2D eigenvalue weighted by Crippen LogP contribution is 2.21. The van der Waals surface area contributed by atoms with Crippen molar-refractivity contribution < 1.29 is 13.9 Å². The fourth-order valence-electron chi connectivity index (χ4n) is 5.06. The van der Waals surface area contributed by atoms with Crippen molar-refractivity contribution in [3.05, 3.63) is 114 Å². The summed E-state index contributed by atoms with van der Waals surface area (Å²) in [7, 11) is 2.15. The number of hydrogen-bond donors (Lipinski definition) is 0. The van der Waals surface area contributed by atoms with Crippen molar-refractivity contribution in [1.82, 2.24) is 14.7 Å². The summed E-state index contributed by atoms with van der Waals surface area (Å²) in [6.45, 7) is 6.05. The maximum atomic E-state index is 13.1. The van der Waals surface area contributed by atoms with Gasteiger partial charge < -0.3 is 9.64 Å². The third-order valence-corrected chi connectivity index (χ3v) is 7.10. The average molecular weight is 512 g/mol. The Bertz CT molecular complexity index is 1360. The minimum absolute atomic E-state index is 0.0388. The van der Waals surface area contributed by atoms with Crippen LogP contribution >= 0.6 is 0 Å². The van der Waals surface area contributed by atoms with Crippen molar-refractivity contribution in [1.29, 1.82) is 0 Å². The number of carbonyl (C=O) groups excluding carboxylic acids is 1. The molecule has 1 fully saturated rings. The van der Waals surface area contributed by atoms with E-state index in [2.05, 4.69) is 77.5 Å². The Hall–Kier alpha value is -3.74. The third-order valence-electron chi connectivity index (χ3n) is 7.10. The molecule has 0 aliphatic carbocycles. The largest absolute Gasteiger partial charge is 0.492 e. The summed E-state index contributed by atoms with van der Waals surface area (Å²) in [5.41, 5.74) is 3.08. The number of benzene rings is 4. The van der Waals surface area contributed by atoms with Gasteiger partial charge in [-0.15, -0.1) is 0 Å². The molecular formula is C32H34FN3O2. The molecule has 6 heteroatoms. The van der Waals surface area contributed by atoms with Crippen LogP contribution in [0.15, 0.2) is 91.0 Å². The predicted octanol–water partition coefficient (Wildman–Crippen LogP) is 5.45. The minimum Gasteiger partial charge on any atom is -0.492 e. The zero-order chi connectivity index (χ0) is 26.3. The molecular weight excluding hydrogens is 477 g/mol. The van der Waals surface area contributed by atoms with Gasteiger partial charge in [0.15, 0.2) is 0 Å². The van der Waals surface area contributed by atoms with Gasteiger partial charge in [0.25, 0.3) is 5.91 Å². The number of hydrogen-bond acceptors (Lipinski definition) is 4. The summed E-state index contributed by atoms with van der Waals surface area (Å²) in [5, 5.41) is 2.58. The lowest BCUT2D eigenvalue weighted by Gasteiger charge is -2.34. The minimum atomic E-state index is -0.329. The van der Waals surface area contributed by atoms with E-state index in [9.17, 15) is 9.18 Å². The fraction of sp³-hybridized carbons (Fsp3) is 0.281. The topological polar surface area (TPSA) is 36.0 Å². The number of piperazine rings is 1. The molecule has 5 rings (SSSR count). The van der Waals surface area contributed by atoms with Crippen LogP contribution in [0.5, 0.6) is 5.75 Å². The van der Waals surface area contributed by atoms with Crippen LogP contribution in [0.25, 0.3) is 10.8 Å². The predicted molar refractivity (Wildman–Crippen MR) is 150 cm³/mol. The summed E-state index contributed by atoms with van der Waals surface area (Å²) in [6.07, 6.45) is 0. The van der Waals surface area contributed by atoms with E-state index in [0.29, 0.717) is 25.3 Å². The third kappa shape index (κ3) is 6.57. The van der Waals surface area contributed by atoms with E-state index in [1.165, 1.54) is 34.0 Å². The summed E-state index contributed by atoms with van der Waals surface area (Å²) >= 11 is 0. The summed E-state index contributed by atoms with van der Waals surface area (Å²) in [4.78, 5) is 19.1. The fourth-order valence-corrected chi connectivity index (χ4v) is 5.06. The highest BCUT2D eigenvalue weighted by Gasteiger charge is 2.22. The van der Waals surface area contributed by atoms with Crippen molar-refractivity contribution in [2.24, 2.45) is 0 Å². The Morgan fingerprint density at radius 2 is 1.61 bits per heavy atom. The normalized spacial score (nSPS) is 14.2. The number of halogens is 1. The zero-order valence-electron chi connectivity index (χ0n) is 21.9. The molecule has 1 aliphatic heterocycles. The molecule has 4 aromatic carbocycles. The number of nitrogens with zero attached hydrogens (tertiary/aromatic N) is 3. The van der Waals surface area contributed by atoms with Crippen LogP contribution < -0.4 is 4.74 Å². The van der Waals surface area contributed by atoms with Crippen molar-refractivity contribution in [3.63, 3.8) is 0 Å². The van der Waals surface area contributed by atoms with Gasteiger partial charge in [-0.2, -0.15) is 0 Å². The van der Waals surface area contributed by atoms with Gasteiger partial charge in [-0.05, 0) is 65.3 Å². The van der Waals surface area contributed by atoms with E-state index in [1.807, 2.05) is 11.0 Å². The molecule has 196 valence electrons. The van der Waals surface area contributed by atoms with E-state index in [-0.39, 0.29) is 11.7 Å². The highest BCUT2D eigenvalue weighted by atomic mass is 19.1. The van der Waals surface area contributed by atoms with Crippen LogP contribution in [0.3, 0.4) is 0 Å². The molecule has 0 N–H and O–H groups in total.